The van der Waals surface area contributed by atoms with Gasteiger partial charge in [0.25, 0.3) is 0 Å². The van der Waals surface area contributed by atoms with Crippen LogP contribution in [-0.2, 0) is 14.3 Å². The molecule has 33 heavy (non-hydrogen) atoms. The summed E-state index contributed by atoms with van der Waals surface area (Å²) in [6.07, 6.45) is -0.858. The van der Waals surface area contributed by atoms with E-state index in [1.807, 2.05) is 6.07 Å². The first kappa shape index (κ1) is 23.8. The Kier molecular flexibility index (Phi) is 6.19. The zero-order valence-corrected chi connectivity index (χ0v) is 19.6. The van der Waals surface area contributed by atoms with Gasteiger partial charge >= 0.3 is 17.8 Å². The number of nitriles is 1. The number of hydrogen-bond donors (Lipinski definition) is 1. The Morgan fingerprint density at radius 2 is 1.58 bits per heavy atom. The van der Waals surface area contributed by atoms with E-state index in [2.05, 4.69) is 11.1 Å². The van der Waals surface area contributed by atoms with Crippen LogP contribution in [0.15, 0.2) is 47.3 Å². The van der Waals surface area contributed by atoms with Crippen molar-refractivity contribution in [1.29, 1.82) is 5.26 Å². The molecule has 1 atom stereocenters. The summed E-state index contributed by atoms with van der Waals surface area (Å²) < 4.78 is 11.9. The van der Waals surface area contributed by atoms with Crippen molar-refractivity contribution in [3.05, 3.63) is 69.6 Å². The quantitative estimate of drug-likeness (QED) is 0.591. The highest BCUT2D eigenvalue weighted by Crippen LogP contribution is 2.34. The van der Waals surface area contributed by atoms with Crippen LogP contribution in [0.1, 0.15) is 64.2 Å². The molecule has 172 valence electrons. The molecular weight excluding hydrogens is 422 g/mol. The number of aromatic amines is 1. The molecule has 0 fully saturated rings. The van der Waals surface area contributed by atoms with Crippen LogP contribution in [0, 0.1) is 11.3 Å². The number of imidazole rings is 1. The van der Waals surface area contributed by atoms with Crippen molar-refractivity contribution in [3.8, 4) is 6.07 Å². The first-order valence-electron chi connectivity index (χ1n) is 10.5. The Morgan fingerprint density at radius 1 is 0.970 bits per heavy atom. The van der Waals surface area contributed by atoms with Gasteiger partial charge in [-0.25, -0.2) is 9.59 Å². The number of aromatic nitrogens is 2. The fourth-order valence-electron chi connectivity index (χ4n) is 3.51. The number of nitrogens with one attached hydrogen (secondary N) is 1. The number of carbonyl (C=O) groups excluding carboxylic acids is 2. The number of rotatable bonds is 3. The zero-order chi connectivity index (χ0) is 24.6. The van der Waals surface area contributed by atoms with Gasteiger partial charge in [0.05, 0.1) is 22.7 Å². The highest BCUT2D eigenvalue weighted by Gasteiger charge is 2.33. The van der Waals surface area contributed by atoms with Gasteiger partial charge in [-0.15, -0.1) is 0 Å². The summed E-state index contributed by atoms with van der Waals surface area (Å²) in [5, 5.41) is 9.83. The minimum absolute atomic E-state index is 0.180. The average molecular weight is 450 g/mol. The second-order valence-electron chi connectivity index (χ2n) is 9.66. The number of esters is 1. The SMILES string of the molecule is CC(C)(C)OC(=O)C(c1ccccc1)c1c(C#N)ccc2c1[nH]c(=O)n2C(=O)OC(C)(C)C. The van der Waals surface area contributed by atoms with E-state index in [4.69, 9.17) is 9.47 Å². The molecule has 1 N–H and O–H groups in total. The summed E-state index contributed by atoms with van der Waals surface area (Å²) in [6.45, 7) is 10.3. The topological polar surface area (TPSA) is 114 Å². The van der Waals surface area contributed by atoms with Crippen LogP contribution >= 0.6 is 0 Å². The summed E-state index contributed by atoms with van der Waals surface area (Å²) in [7, 11) is 0. The average Bonchev–Trinajstić information content (AvgIpc) is 3.02. The van der Waals surface area contributed by atoms with Gasteiger partial charge < -0.3 is 14.5 Å². The molecule has 0 amide bonds. The molecule has 0 saturated carbocycles. The van der Waals surface area contributed by atoms with Crippen molar-refractivity contribution in [2.45, 2.75) is 58.7 Å². The van der Waals surface area contributed by atoms with E-state index in [0.29, 0.717) is 5.56 Å². The minimum Gasteiger partial charge on any atom is -0.459 e. The molecule has 8 nitrogen and oxygen atoms in total. The number of hydrogen-bond acceptors (Lipinski definition) is 6. The zero-order valence-electron chi connectivity index (χ0n) is 19.6. The van der Waals surface area contributed by atoms with Crippen molar-refractivity contribution >= 4 is 23.1 Å². The summed E-state index contributed by atoms with van der Waals surface area (Å²) in [5.74, 6) is -1.59. The molecule has 0 saturated heterocycles. The lowest BCUT2D eigenvalue weighted by molar-refractivity contribution is -0.155. The van der Waals surface area contributed by atoms with Gasteiger partial charge in [0.15, 0.2) is 0 Å². The molecule has 0 aliphatic carbocycles. The molecule has 8 heteroatoms. The van der Waals surface area contributed by atoms with Crippen molar-refractivity contribution in [2.75, 3.05) is 0 Å². The largest absolute Gasteiger partial charge is 0.459 e. The Bertz CT molecular complexity index is 1300. The predicted molar refractivity (Wildman–Crippen MR) is 123 cm³/mol. The number of fused-ring (bicyclic) bond motifs is 1. The van der Waals surface area contributed by atoms with Crippen molar-refractivity contribution in [1.82, 2.24) is 9.55 Å². The number of carbonyl (C=O) groups is 2. The first-order valence-corrected chi connectivity index (χ1v) is 10.5. The highest BCUT2D eigenvalue weighted by molar-refractivity contribution is 5.95. The van der Waals surface area contributed by atoms with Gasteiger partial charge in [0.2, 0.25) is 0 Å². The predicted octanol–water partition coefficient (Wildman–Crippen LogP) is 4.46. The minimum atomic E-state index is -1.01. The van der Waals surface area contributed by atoms with Crippen LogP contribution in [-0.4, -0.2) is 32.8 Å². The van der Waals surface area contributed by atoms with E-state index >= 15 is 0 Å². The molecule has 3 aromatic rings. The Morgan fingerprint density at radius 3 is 2.12 bits per heavy atom. The second kappa shape index (κ2) is 8.58. The number of ether oxygens (including phenoxy) is 2. The summed E-state index contributed by atoms with van der Waals surface area (Å²) in [4.78, 5) is 41.5. The smallest absolute Gasteiger partial charge is 0.423 e. The van der Waals surface area contributed by atoms with Crippen LogP contribution in [0.3, 0.4) is 0 Å². The third kappa shape index (κ3) is 5.14. The lowest BCUT2D eigenvalue weighted by Crippen LogP contribution is -2.32. The number of benzene rings is 2. The fourth-order valence-corrected chi connectivity index (χ4v) is 3.51. The van der Waals surface area contributed by atoms with Crippen molar-refractivity contribution in [3.63, 3.8) is 0 Å². The normalized spacial score (nSPS) is 12.8. The first-order chi connectivity index (χ1) is 15.3. The number of nitrogens with zero attached hydrogens (tertiary/aromatic N) is 2. The Balaban J connectivity index is 2.31. The number of H-pyrrole nitrogens is 1. The molecule has 0 radical (unpaired) electrons. The standard InChI is InChI=1S/C25H27N3O5/c1-24(2,3)32-21(29)19(15-10-8-7-9-11-15)18-16(14-26)12-13-17-20(18)27-22(30)28(17)23(31)33-25(4,5)6/h7-13,19H,1-6H3,(H,27,30). The van der Waals surface area contributed by atoms with Crippen molar-refractivity contribution < 1.29 is 19.1 Å². The van der Waals surface area contributed by atoms with Gasteiger partial charge in [0.1, 0.15) is 17.1 Å². The molecule has 3 rings (SSSR count). The highest BCUT2D eigenvalue weighted by atomic mass is 16.6. The van der Waals surface area contributed by atoms with Crippen molar-refractivity contribution in [2.24, 2.45) is 0 Å². The summed E-state index contributed by atoms with van der Waals surface area (Å²) in [5.41, 5.74) is -0.903. The third-order valence-corrected chi connectivity index (χ3v) is 4.66. The summed E-state index contributed by atoms with van der Waals surface area (Å²) in [6, 6.07) is 13.9. The molecule has 1 unspecified atom stereocenters. The van der Waals surface area contributed by atoms with Gasteiger partial charge in [-0.2, -0.15) is 9.83 Å². The maximum Gasteiger partial charge on any atom is 0.423 e. The molecule has 2 aromatic carbocycles. The fraction of sp³-hybridized carbons (Fsp3) is 0.360. The van der Waals surface area contributed by atoms with E-state index in [1.165, 1.54) is 12.1 Å². The third-order valence-electron chi connectivity index (χ3n) is 4.66. The monoisotopic (exact) mass is 449 g/mol. The van der Waals surface area contributed by atoms with Crippen LogP contribution in [0.4, 0.5) is 4.79 Å². The van der Waals surface area contributed by atoms with E-state index in [1.54, 1.807) is 65.8 Å². The van der Waals surface area contributed by atoms with Crippen LogP contribution in [0.2, 0.25) is 0 Å². The van der Waals surface area contributed by atoms with E-state index in [-0.39, 0.29) is 22.2 Å². The molecule has 0 bridgehead atoms. The Hall–Kier alpha value is -3.86. The van der Waals surface area contributed by atoms with Crippen LogP contribution in [0.5, 0.6) is 0 Å². The van der Waals surface area contributed by atoms with E-state index < -0.39 is 34.9 Å². The summed E-state index contributed by atoms with van der Waals surface area (Å²) >= 11 is 0. The molecule has 1 heterocycles. The lowest BCUT2D eigenvalue weighted by Gasteiger charge is -2.25. The lowest BCUT2D eigenvalue weighted by atomic mass is 9.87. The van der Waals surface area contributed by atoms with Gasteiger partial charge in [-0.3, -0.25) is 4.79 Å². The van der Waals surface area contributed by atoms with Crippen LogP contribution < -0.4 is 5.69 Å². The van der Waals surface area contributed by atoms with E-state index in [9.17, 15) is 19.6 Å². The van der Waals surface area contributed by atoms with E-state index in [0.717, 1.165) is 4.57 Å². The van der Waals surface area contributed by atoms with Gasteiger partial charge in [-0.05, 0) is 59.2 Å². The molecule has 0 aliphatic heterocycles. The maximum absolute atomic E-state index is 13.4. The Labute approximate surface area is 191 Å². The maximum atomic E-state index is 13.4. The molecule has 0 spiro atoms. The van der Waals surface area contributed by atoms with Gasteiger partial charge in [-0.1, -0.05) is 30.3 Å². The second-order valence-corrected chi connectivity index (χ2v) is 9.66. The van der Waals surface area contributed by atoms with Gasteiger partial charge in [0, 0.05) is 5.56 Å². The molecular formula is C25H27N3O5. The van der Waals surface area contributed by atoms with Crippen LogP contribution in [0.25, 0.3) is 11.0 Å². The molecule has 1 aromatic heterocycles. The molecule has 0 aliphatic rings.